The Hall–Kier alpha value is -0.610. The predicted octanol–water partition coefficient (Wildman–Crippen LogP) is 0.0894. The second-order valence-corrected chi connectivity index (χ2v) is 2.81. The van der Waals surface area contributed by atoms with Crippen molar-refractivity contribution in [2.75, 3.05) is 13.2 Å². The van der Waals surface area contributed by atoms with Gasteiger partial charge in [-0.25, -0.2) is 0 Å². The third-order valence-corrected chi connectivity index (χ3v) is 1.84. The molecule has 70 valence electrons. The quantitative estimate of drug-likeness (QED) is 0.603. The normalized spacial score (nSPS) is 29.8. The summed E-state index contributed by atoms with van der Waals surface area (Å²) in [6, 6.07) is 0. The van der Waals surface area contributed by atoms with Crippen LogP contribution < -0.4 is 0 Å². The maximum Gasteiger partial charge on any atom is 0.305 e. The van der Waals surface area contributed by atoms with E-state index in [2.05, 4.69) is 0 Å². The van der Waals surface area contributed by atoms with E-state index in [0.717, 1.165) is 0 Å². The average Bonchev–Trinajstić information content (AvgIpc) is 2.09. The summed E-state index contributed by atoms with van der Waals surface area (Å²) in [5, 5.41) is 9.31. The molecule has 0 radical (unpaired) electrons. The van der Waals surface area contributed by atoms with Crippen LogP contribution in [0.4, 0.5) is 0 Å². The lowest BCUT2D eigenvalue weighted by Crippen LogP contribution is -2.39. The zero-order valence-corrected chi connectivity index (χ0v) is 7.16. The highest BCUT2D eigenvalue weighted by atomic mass is 16.6. The van der Waals surface area contributed by atoms with Crippen molar-refractivity contribution < 1.29 is 19.4 Å². The van der Waals surface area contributed by atoms with Crippen LogP contribution in [0.15, 0.2) is 0 Å². The van der Waals surface area contributed by atoms with Crippen molar-refractivity contribution in [2.45, 2.75) is 32.0 Å². The van der Waals surface area contributed by atoms with E-state index in [9.17, 15) is 9.90 Å². The Morgan fingerprint density at radius 3 is 3.08 bits per heavy atom. The molecule has 0 aliphatic carbocycles. The Bertz CT molecular complexity index is 157. The molecule has 2 atom stereocenters. The minimum Gasteiger partial charge on any atom is -0.459 e. The molecule has 1 fully saturated rings. The molecule has 4 heteroatoms. The van der Waals surface area contributed by atoms with Crippen molar-refractivity contribution in [1.29, 1.82) is 0 Å². The Balaban J connectivity index is 2.33. The van der Waals surface area contributed by atoms with Gasteiger partial charge in [0.2, 0.25) is 0 Å². The van der Waals surface area contributed by atoms with Crippen LogP contribution in [0.5, 0.6) is 0 Å². The largest absolute Gasteiger partial charge is 0.459 e. The second-order valence-electron chi connectivity index (χ2n) is 2.81. The topological polar surface area (TPSA) is 55.8 Å². The zero-order valence-electron chi connectivity index (χ0n) is 7.16. The van der Waals surface area contributed by atoms with Gasteiger partial charge in [-0.05, 0) is 0 Å². The van der Waals surface area contributed by atoms with Gasteiger partial charge in [0.25, 0.3) is 0 Å². The summed E-state index contributed by atoms with van der Waals surface area (Å²) < 4.78 is 9.97. The molecule has 1 aliphatic rings. The van der Waals surface area contributed by atoms with E-state index in [-0.39, 0.29) is 18.7 Å². The van der Waals surface area contributed by atoms with E-state index in [0.29, 0.717) is 19.4 Å². The van der Waals surface area contributed by atoms with Gasteiger partial charge in [-0.2, -0.15) is 0 Å². The summed E-state index contributed by atoms with van der Waals surface area (Å²) in [7, 11) is 0. The third kappa shape index (κ3) is 2.46. The molecule has 1 saturated heterocycles. The minimum atomic E-state index is -0.658. The SMILES string of the molecule is CCC(=O)OC1CCOCC1O. The molecular formula is C8H14O4. The third-order valence-electron chi connectivity index (χ3n) is 1.84. The Morgan fingerprint density at radius 2 is 2.50 bits per heavy atom. The van der Waals surface area contributed by atoms with Gasteiger partial charge < -0.3 is 14.6 Å². The molecule has 1 rings (SSSR count). The zero-order chi connectivity index (χ0) is 8.97. The van der Waals surface area contributed by atoms with Gasteiger partial charge in [0.15, 0.2) is 0 Å². The van der Waals surface area contributed by atoms with Gasteiger partial charge in [0.05, 0.1) is 13.2 Å². The number of aliphatic hydroxyl groups excluding tert-OH is 1. The summed E-state index contributed by atoms with van der Waals surface area (Å²) in [5.41, 5.74) is 0. The smallest absolute Gasteiger partial charge is 0.305 e. The van der Waals surface area contributed by atoms with Crippen molar-refractivity contribution in [2.24, 2.45) is 0 Å². The molecule has 12 heavy (non-hydrogen) atoms. The predicted molar refractivity (Wildman–Crippen MR) is 41.6 cm³/mol. The molecule has 1 N–H and O–H groups in total. The van der Waals surface area contributed by atoms with Crippen molar-refractivity contribution in [1.82, 2.24) is 0 Å². The Labute approximate surface area is 71.5 Å². The van der Waals surface area contributed by atoms with Crippen molar-refractivity contribution in [3.05, 3.63) is 0 Å². The lowest BCUT2D eigenvalue weighted by Gasteiger charge is -2.27. The first kappa shape index (κ1) is 9.48. The van der Waals surface area contributed by atoms with E-state index in [4.69, 9.17) is 9.47 Å². The number of esters is 1. The highest BCUT2D eigenvalue weighted by molar-refractivity contribution is 5.69. The first-order valence-electron chi connectivity index (χ1n) is 4.19. The van der Waals surface area contributed by atoms with Crippen molar-refractivity contribution in [3.63, 3.8) is 0 Å². The molecule has 4 nitrogen and oxygen atoms in total. The van der Waals surface area contributed by atoms with Crippen LogP contribution in [0, 0.1) is 0 Å². The van der Waals surface area contributed by atoms with Gasteiger partial charge in [-0.15, -0.1) is 0 Å². The number of rotatable bonds is 2. The van der Waals surface area contributed by atoms with Crippen LogP contribution in [-0.2, 0) is 14.3 Å². The maximum absolute atomic E-state index is 10.9. The number of carbonyl (C=O) groups excluding carboxylic acids is 1. The lowest BCUT2D eigenvalue weighted by atomic mass is 10.1. The van der Waals surface area contributed by atoms with Gasteiger partial charge in [-0.1, -0.05) is 6.92 Å². The summed E-state index contributed by atoms with van der Waals surface area (Å²) >= 11 is 0. The van der Waals surface area contributed by atoms with Crippen LogP contribution in [0.3, 0.4) is 0 Å². The molecule has 0 aromatic carbocycles. The highest BCUT2D eigenvalue weighted by Crippen LogP contribution is 2.12. The number of aliphatic hydroxyl groups is 1. The van der Waals surface area contributed by atoms with E-state index < -0.39 is 6.10 Å². The fourth-order valence-corrected chi connectivity index (χ4v) is 1.09. The maximum atomic E-state index is 10.9. The van der Waals surface area contributed by atoms with Gasteiger partial charge >= 0.3 is 5.97 Å². The summed E-state index contributed by atoms with van der Waals surface area (Å²) in [6.45, 7) is 2.55. The first-order chi connectivity index (χ1) is 5.74. The van der Waals surface area contributed by atoms with E-state index in [1.807, 2.05) is 0 Å². The molecule has 0 aromatic heterocycles. The van der Waals surface area contributed by atoms with Crippen LogP contribution in [0.2, 0.25) is 0 Å². The van der Waals surface area contributed by atoms with Gasteiger partial charge in [0, 0.05) is 12.8 Å². The standard InChI is InChI=1S/C8H14O4/c1-2-8(10)12-7-3-4-11-5-6(7)9/h6-7,9H,2-5H2,1H3. The highest BCUT2D eigenvalue weighted by Gasteiger charge is 2.26. The summed E-state index contributed by atoms with van der Waals surface area (Å²) in [6.07, 6.45) is -0.0859. The molecule has 0 saturated carbocycles. The first-order valence-corrected chi connectivity index (χ1v) is 4.19. The van der Waals surface area contributed by atoms with Crippen molar-refractivity contribution >= 4 is 5.97 Å². The lowest BCUT2D eigenvalue weighted by molar-refractivity contribution is -0.164. The molecule has 2 unspecified atom stereocenters. The molecule has 0 amide bonds. The minimum absolute atomic E-state index is 0.263. The molecule has 0 aromatic rings. The van der Waals surface area contributed by atoms with E-state index in [1.165, 1.54) is 0 Å². The average molecular weight is 174 g/mol. The Morgan fingerprint density at radius 1 is 1.75 bits per heavy atom. The fraction of sp³-hybridized carbons (Fsp3) is 0.875. The molecule has 1 heterocycles. The van der Waals surface area contributed by atoms with Crippen LogP contribution >= 0.6 is 0 Å². The van der Waals surface area contributed by atoms with E-state index >= 15 is 0 Å². The van der Waals surface area contributed by atoms with Crippen LogP contribution in [0.25, 0.3) is 0 Å². The number of carbonyl (C=O) groups is 1. The van der Waals surface area contributed by atoms with Crippen LogP contribution in [0.1, 0.15) is 19.8 Å². The number of hydrogen-bond donors (Lipinski definition) is 1. The number of ether oxygens (including phenoxy) is 2. The molecular weight excluding hydrogens is 160 g/mol. The monoisotopic (exact) mass is 174 g/mol. The van der Waals surface area contributed by atoms with E-state index in [1.54, 1.807) is 6.92 Å². The molecule has 0 spiro atoms. The number of hydrogen-bond acceptors (Lipinski definition) is 4. The molecule has 1 aliphatic heterocycles. The van der Waals surface area contributed by atoms with Crippen molar-refractivity contribution in [3.8, 4) is 0 Å². The Kier molecular flexibility index (Phi) is 3.49. The van der Waals surface area contributed by atoms with Crippen LogP contribution in [-0.4, -0.2) is 36.5 Å². The van der Waals surface area contributed by atoms with Gasteiger partial charge in [-0.3, -0.25) is 4.79 Å². The summed E-state index contributed by atoms with van der Waals surface area (Å²) in [5.74, 6) is -0.263. The fourth-order valence-electron chi connectivity index (χ4n) is 1.09. The summed E-state index contributed by atoms with van der Waals surface area (Å²) in [4.78, 5) is 10.9. The van der Waals surface area contributed by atoms with Gasteiger partial charge in [0.1, 0.15) is 12.2 Å². The molecule has 0 bridgehead atoms. The second kappa shape index (κ2) is 4.42.